The SMILES string of the molecule is CCOc1nccc(C(CSCC)NC)c1F. The molecule has 0 aliphatic carbocycles. The van der Waals surface area contributed by atoms with Gasteiger partial charge in [-0.15, -0.1) is 0 Å². The molecule has 1 rings (SSSR count). The smallest absolute Gasteiger partial charge is 0.250 e. The number of aromatic nitrogens is 1. The highest BCUT2D eigenvalue weighted by molar-refractivity contribution is 7.99. The van der Waals surface area contributed by atoms with Gasteiger partial charge in [0, 0.05) is 23.6 Å². The Morgan fingerprint density at radius 3 is 2.88 bits per heavy atom. The fourth-order valence-electron chi connectivity index (χ4n) is 1.51. The molecular weight excluding hydrogens is 239 g/mol. The minimum Gasteiger partial charge on any atom is -0.476 e. The van der Waals surface area contributed by atoms with Gasteiger partial charge in [-0.25, -0.2) is 9.37 Å². The van der Waals surface area contributed by atoms with E-state index in [1.165, 1.54) is 0 Å². The van der Waals surface area contributed by atoms with E-state index in [1.807, 2.05) is 14.0 Å². The molecule has 0 fully saturated rings. The van der Waals surface area contributed by atoms with E-state index < -0.39 is 0 Å². The molecule has 1 aromatic rings. The standard InChI is InChI=1S/C12H19FN2OS/c1-4-16-12-11(13)9(6-7-15-12)10(14-3)8-17-5-2/h6-7,10,14H,4-5,8H2,1-3H3. The van der Waals surface area contributed by atoms with Crippen molar-refractivity contribution in [2.45, 2.75) is 19.9 Å². The Morgan fingerprint density at radius 2 is 2.29 bits per heavy atom. The van der Waals surface area contributed by atoms with Crippen LogP contribution in [0, 0.1) is 5.82 Å². The molecule has 1 N–H and O–H groups in total. The summed E-state index contributed by atoms with van der Waals surface area (Å²) in [5, 5.41) is 3.12. The van der Waals surface area contributed by atoms with Crippen LogP contribution in [0.1, 0.15) is 25.5 Å². The van der Waals surface area contributed by atoms with Crippen molar-refractivity contribution < 1.29 is 9.13 Å². The topological polar surface area (TPSA) is 34.1 Å². The molecule has 0 amide bonds. The molecule has 0 aromatic carbocycles. The summed E-state index contributed by atoms with van der Waals surface area (Å²) in [6.07, 6.45) is 1.59. The second-order valence-electron chi connectivity index (χ2n) is 3.45. The lowest BCUT2D eigenvalue weighted by atomic mass is 10.1. The predicted octanol–water partition coefficient (Wildman–Crippen LogP) is 2.63. The lowest BCUT2D eigenvalue weighted by molar-refractivity contribution is 0.305. The zero-order chi connectivity index (χ0) is 12.7. The van der Waals surface area contributed by atoms with Gasteiger partial charge < -0.3 is 10.1 Å². The average Bonchev–Trinajstić information content (AvgIpc) is 2.34. The van der Waals surface area contributed by atoms with Gasteiger partial charge in [0.05, 0.1) is 6.61 Å². The van der Waals surface area contributed by atoms with E-state index in [0.29, 0.717) is 12.2 Å². The van der Waals surface area contributed by atoms with E-state index in [0.717, 1.165) is 11.5 Å². The summed E-state index contributed by atoms with van der Waals surface area (Å²) in [5.74, 6) is 1.58. The van der Waals surface area contributed by atoms with Crippen molar-refractivity contribution in [1.29, 1.82) is 0 Å². The highest BCUT2D eigenvalue weighted by Crippen LogP contribution is 2.25. The monoisotopic (exact) mass is 258 g/mol. The zero-order valence-corrected chi connectivity index (χ0v) is 11.3. The van der Waals surface area contributed by atoms with Gasteiger partial charge in [-0.2, -0.15) is 11.8 Å². The maximum Gasteiger partial charge on any atom is 0.250 e. The number of pyridine rings is 1. The molecule has 0 aliphatic rings. The van der Waals surface area contributed by atoms with E-state index in [9.17, 15) is 4.39 Å². The second kappa shape index (κ2) is 7.50. The van der Waals surface area contributed by atoms with Gasteiger partial charge in [-0.3, -0.25) is 0 Å². The Labute approximate surface area is 106 Å². The highest BCUT2D eigenvalue weighted by atomic mass is 32.2. The van der Waals surface area contributed by atoms with Gasteiger partial charge in [0.15, 0.2) is 5.82 Å². The molecule has 1 unspecified atom stereocenters. The molecule has 1 heterocycles. The molecule has 1 aromatic heterocycles. The summed E-state index contributed by atoms with van der Waals surface area (Å²) < 4.78 is 19.2. The van der Waals surface area contributed by atoms with Crippen molar-refractivity contribution in [2.75, 3.05) is 25.2 Å². The van der Waals surface area contributed by atoms with Crippen molar-refractivity contribution in [3.63, 3.8) is 0 Å². The molecule has 17 heavy (non-hydrogen) atoms. The van der Waals surface area contributed by atoms with E-state index in [1.54, 1.807) is 24.0 Å². The Hall–Kier alpha value is -0.810. The molecule has 0 bridgehead atoms. The van der Waals surface area contributed by atoms with Gasteiger partial charge >= 0.3 is 0 Å². The summed E-state index contributed by atoms with van der Waals surface area (Å²) in [4.78, 5) is 3.89. The van der Waals surface area contributed by atoms with Crippen molar-refractivity contribution >= 4 is 11.8 Å². The Kier molecular flexibility index (Phi) is 6.29. The molecule has 96 valence electrons. The summed E-state index contributed by atoms with van der Waals surface area (Å²) in [6, 6.07) is 1.69. The van der Waals surface area contributed by atoms with Crippen LogP contribution >= 0.6 is 11.8 Å². The van der Waals surface area contributed by atoms with Crippen LogP contribution in [-0.2, 0) is 0 Å². The number of nitrogens with zero attached hydrogens (tertiary/aromatic N) is 1. The number of hydrogen-bond donors (Lipinski definition) is 1. The molecule has 3 nitrogen and oxygen atoms in total. The lowest BCUT2D eigenvalue weighted by Crippen LogP contribution is -2.20. The molecule has 0 saturated carbocycles. The zero-order valence-electron chi connectivity index (χ0n) is 10.5. The number of nitrogens with one attached hydrogen (secondary N) is 1. The van der Waals surface area contributed by atoms with Crippen molar-refractivity contribution in [3.8, 4) is 5.88 Å². The first kappa shape index (κ1) is 14.3. The molecule has 5 heteroatoms. The van der Waals surface area contributed by atoms with Crippen LogP contribution in [0.4, 0.5) is 4.39 Å². The third-order valence-electron chi connectivity index (χ3n) is 2.38. The maximum atomic E-state index is 14.1. The minimum atomic E-state index is -0.356. The maximum absolute atomic E-state index is 14.1. The quantitative estimate of drug-likeness (QED) is 0.815. The van der Waals surface area contributed by atoms with Gasteiger partial charge in [0.1, 0.15) is 0 Å². The number of halogens is 1. The average molecular weight is 258 g/mol. The number of ether oxygens (including phenoxy) is 1. The van der Waals surface area contributed by atoms with Crippen LogP contribution in [0.3, 0.4) is 0 Å². The van der Waals surface area contributed by atoms with Crippen LogP contribution in [-0.4, -0.2) is 30.1 Å². The van der Waals surface area contributed by atoms with Crippen molar-refractivity contribution in [3.05, 3.63) is 23.6 Å². The Morgan fingerprint density at radius 1 is 1.53 bits per heavy atom. The Balaban J connectivity index is 2.90. The highest BCUT2D eigenvalue weighted by Gasteiger charge is 2.17. The molecule has 0 aliphatic heterocycles. The molecule has 1 atom stereocenters. The van der Waals surface area contributed by atoms with Gasteiger partial charge in [0.2, 0.25) is 0 Å². The van der Waals surface area contributed by atoms with Crippen LogP contribution in [0.25, 0.3) is 0 Å². The summed E-state index contributed by atoms with van der Waals surface area (Å²) in [7, 11) is 1.83. The molecule has 0 saturated heterocycles. The minimum absolute atomic E-state index is 0.0119. The third-order valence-corrected chi connectivity index (χ3v) is 3.36. The normalized spacial score (nSPS) is 12.5. The van der Waals surface area contributed by atoms with E-state index in [2.05, 4.69) is 17.2 Å². The Bertz CT molecular complexity index is 349. The second-order valence-corrected chi connectivity index (χ2v) is 4.77. The fraction of sp³-hybridized carbons (Fsp3) is 0.583. The summed E-state index contributed by atoms with van der Waals surface area (Å²) in [5.41, 5.74) is 0.618. The number of thioether (sulfide) groups is 1. The molecule has 0 radical (unpaired) electrons. The fourth-order valence-corrected chi connectivity index (χ4v) is 2.33. The van der Waals surface area contributed by atoms with Gasteiger partial charge in [-0.05, 0) is 25.8 Å². The summed E-state index contributed by atoms with van der Waals surface area (Å²) in [6.45, 7) is 4.32. The number of rotatable bonds is 7. The lowest BCUT2D eigenvalue weighted by Gasteiger charge is -2.17. The van der Waals surface area contributed by atoms with Crippen LogP contribution in [0.5, 0.6) is 5.88 Å². The first-order valence-electron chi connectivity index (χ1n) is 5.76. The van der Waals surface area contributed by atoms with E-state index >= 15 is 0 Å². The summed E-state index contributed by atoms with van der Waals surface area (Å²) >= 11 is 1.77. The van der Waals surface area contributed by atoms with Gasteiger partial charge in [0.25, 0.3) is 5.88 Å². The van der Waals surface area contributed by atoms with Crippen LogP contribution < -0.4 is 10.1 Å². The molecule has 0 spiro atoms. The molecular formula is C12H19FN2OS. The van der Waals surface area contributed by atoms with E-state index in [4.69, 9.17) is 4.74 Å². The first-order chi connectivity index (χ1) is 8.24. The number of hydrogen-bond acceptors (Lipinski definition) is 4. The van der Waals surface area contributed by atoms with Crippen molar-refractivity contribution in [2.24, 2.45) is 0 Å². The third kappa shape index (κ3) is 3.85. The first-order valence-corrected chi connectivity index (χ1v) is 6.92. The van der Waals surface area contributed by atoms with Crippen LogP contribution in [0.2, 0.25) is 0 Å². The van der Waals surface area contributed by atoms with Crippen LogP contribution in [0.15, 0.2) is 12.3 Å². The van der Waals surface area contributed by atoms with Crippen molar-refractivity contribution in [1.82, 2.24) is 10.3 Å². The predicted molar refractivity (Wildman–Crippen MR) is 70.2 cm³/mol. The largest absolute Gasteiger partial charge is 0.476 e. The van der Waals surface area contributed by atoms with Gasteiger partial charge in [-0.1, -0.05) is 6.92 Å². The van der Waals surface area contributed by atoms with E-state index in [-0.39, 0.29) is 17.7 Å².